The highest BCUT2D eigenvalue weighted by Gasteiger charge is 2.11. The third-order valence-corrected chi connectivity index (χ3v) is 2.87. The number of aryl methyl sites for hydroxylation is 1. The van der Waals surface area contributed by atoms with Crippen molar-refractivity contribution in [3.8, 4) is 11.3 Å². The number of halogens is 1. The normalized spacial score (nSPS) is 11.2. The Labute approximate surface area is 105 Å². The van der Waals surface area contributed by atoms with Gasteiger partial charge in [0.25, 0.3) is 0 Å². The Hall–Kier alpha value is -1.89. The lowest BCUT2D eigenvalue weighted by Gasteiger charge is -2.01. The van der Waals surface area contributed by atoms with Crippen LogP contribution in [0.1, 0.15) is 0 Å². The predicted molar refractivity (Wildman–Crippen MR) is 67.3 cm³/mol. The minimum Gasteiger partial charge on any atom is -0.381 e. The molecule has 0 bridgehead atoms. The van der Waals surface area contributed by atoms with Crippen LogP contribution in [0.2, 0.25) is 0 Å². The number of nitrogen functional groups attached to an aromatic ring is 1. The predicted octanol–water partition coefficient (Wildman–Crippen LogP) is 1.47. The number of nitrogens with zero attached hydrogens (tertiary/aromatic N) is 5. The topological polar surface area (TPSA) is 74.0 Å². The maximum absolute atomic E-state index is 5.81. The van der Waals surface area contributed by atoms with Crippen molar-refractivity contribution in [2.45, 2.75) is 0 Å². The number of aromatic nitrogens is 5. The van der Waals surface area contributed by atoms with Gasteiger partial charge >= 0.3 is 0 Å². The molecule has 0 radical (unpaired) electrons. The van der Waals surface area contributed by atoms with Crippen molar-refractivity contribution < 1.29 is 0 Å². The largest absolute Gasteiger partial charge is 0.381 e. The molecule has 0 atom stereocenters. The highest BCUT2D eigenvalue weighted by atomic mass is 79.9. The summed E-state index contributed by atoms with van der Waals surface area (Å²) in [5, 5.41) is 4.14. The highest BCUT2D eigenvalue weighted by molar-refractivity contribution is 9.10. The minimum atomic E-state index is 0.398. The van der Waals surface area contributed by atoms with Gasteiger partial charge in [0.2, 0.25) is 0 Å². The third kappa shape index (κ3) is 1.59. The molecular formula is C10H9BrN6. The van der Waals surface area contributed by atoms with Crippen molar-refractivity contribution in [3.63, 3.8) is 0 Å². The molecule has 0 saturated carbocycles. The first-order chi connectivity index (χ1) is 8.15. The molecule has 0 aliphatic carbocycles. The number of hydrogen-bond donors (Lipinski definition) is 1. The highest BCUT2D eigenvalue weighted by Crippen LogP contribution is 2.23. The molecule has 86 valence electrons. The van der Waals surface area contributed by atoms with Gasteiger partial charge in [0, 0.05) is 25.0 Å². The molecule has 17 heavy (non-hydrogen) atoms. The van der Waals surface area contributed by atoms with E-state index in [4.69, 9.17) is 5.73 Å². The van der Waals surface area contributed by atoms with Gasteiger partial charge in [-0.25, -0.2) is 9.97 Å². The summed E-state index contributed by atoms with van der Waals surface area (Å²) in [4.78, 5) is 8.37. The molecule has 2 N–H and O–H groups in total. The van der Waals surface area contributed by atoms with Gasteiger partial charge < -0.3 is 5.73 Å². The molecule has 0 aliphatic heterocycles. The summed E-state index contributed by atoms with van der Waals surface area (Å²) >= 11 is 3.32. The second-order valence-electron chi connectivity index (χ2n) is 3.69. The summed E-state index contributed by atoms with van der Waals surface area (Å²) < 4.78 is 4.31. The fraction of sp³-hybridized carbons (Fsp3) is 0.100. The SMILES string of the molecule is Cn1cc(-c2cnc3c(N)nc(Br)cn23)cn1. The molecule has 0 fully saturated rings. The zero-order valence-corrected chi connectivity index (χ0v) is 10.6. The summed E-state index contributed by atoms with van der Waals surface area (Å²) in [6.07, 6.45) is 7.31. The lowest BCUT2D eigenvalue weighted by Crippen LogP contribution is -1.97. The van der Waals surface area contributed by atoms with E-state index in [0.717, 1.165) is 11.3 Å². The van der Waals surface area contributed by atoms with Crippen LogP contribution in [-0.4, -0.2) is 24.1 Å². The molecular weight excluding hydrogens is 284 g/mol. The van der Waals surface area contributed by atoms with Crippen LogP contribution in [0.5, 0.6) is 0 Å². The Bertz CT molecular complexity index is 698. The van der Waals surface area contributed by atoms with E-state index in [1.54, 1.807) is 17.1 Å². The summed E-state index contributed by atoms with van der Waals surface area (Å²) in [7, 11) is 1.87. The van der Waals surface area contributed by atoms with Gasteiger partial charge in [-0.1, -0.05) is 0 Å². The van der Waals surface area contributed by atoms with Crippen LogP contribution in [-0.2, 0) is 7.05 Å². The first-order valence-corrected chi connectivity index (χ1v) is 5.72. The van der Waals surface area contributed by atoms with Gasteiger partial charge in [0.05, 0.1) is 18.1 Å². The van der Waals surface area contributed by atoms with Crippen LogP contribution < -0.4 is 5.73 Å². The standard InChI is InChI=1S/C10H9BrN6/c1-16-4-6(2-14-16)7-3-13-10-9(12)15-8(11)5-17(7)10/h2-5H,1H3,(H2,12,15). The number of nitrogens with two attached hydrogens (primary N) is 1. The van der Waals surface area contributed by atoms with Gasteiger partial charge in [-0.05, 0) is 15.9 Å². The van der Waals surface area contributed by atoms with Gasteiger partial charge in [0.1, 0.15) is 4.60 Å². The van der Waals surface area contributed by atoms with E-state index in [1.807, 2.05) is 23.8 Å². The molecule has 3 aromatic rings. The first-order valence-electron chi connectivity index (χ1n) is 4.93. The first kappa shape index (κ1) is 10.3. The summed E-state index contributed by atoms with van der Waals surface area (Å²) in [6, 6.07) is 0. The van der Waals surface area contributed by atoms with Crippen molar-refractivity contribution in [2.75, 3.05) is 5.73 Å². The van der Waals surface area contributed by atoms with E-state index in [2.05, 4.69) is 31.0 Å². The molecule has 3 heterocycles. The third-order valence-electron chi connectivity index (χ3n) is 2.49. The molecule has 0 amide bonds. The van der Waals surface area contributed by atoms with Crippen molar-refractivity contribution >= 4 is 27.4 Å². The number of fused-ring (bicyclic) bond motifs is 1. The lowest BCUT2D eigenvalue weighted by molar-refractivity contribution is 0.768. The van der Waals surface area contributed by atoms with Crippen molar-refractivity contribution in [2.24, 2.45) is 7.05 Å². The Morgan fingerprint density at radius 1 is 1.29 bits per heavy atom. The number of hydrogen-bond acceptors (Lipinski definition) is 4. The Kier molecular flexibility index (Phi) is 2.15. The molecule has 0 unspecified atom stereocenters. The van der Waals surface area contributed by atoms with Gasteiger partial charge in [-0.3, -0.25) is 9.08 Å². The van der Waals surface area contributed by atoms with Crippen LogP contribution in [0.3, 0.4) is 0 Å². The number of anilines is 1. The molecule has 0 aromatic carbocycles. The Morgan fingerprint density at radius 2 is 2.12 bits per heavy atom. The van der Waals surface area contributed by atoms with Gasteiger partial charge in [-0.2, -0.15) is 5.10 Å². The average Bonchev–Trinajstić information content (AvgIpc) is 2.83. The van der Waals surface area contributed by atoms with Gasteiger partial charge in [0.15, 0.2) is 11.5 Å². The Morgan fingerprint density at radius 3 is 2.82 bits per heavy atom. The summed E-state index contributed by atoms with van der Waals surface area (Å²) in [6.45, 7) is 0. The second kappa shape index (κ2) is 3.56. The fourth-order valence-electron chi connectivity index (χ4n) is 1.75. The van der Waals surface area contributed by atoms with Crippen LogP contribution in [0.4, 0.5) is 5.82 Å². The zero-order chi connectivity index (χ0) is 12.0. The van der Waals surface area contributed by atoms with Crippen LogP contribution in [0.15, 0.2) is 29.4 Å². The lowest BCUT2D eigenvalue weighted by atomic mass is 10.3. The second-order valence-corrected chi connectivity index (χ2v) is 4.50. The Balaban J connectivity index is 2.31. The fourth-order valence-corrected chi connectivity index (χ4v) is 2.14. The van der Waals surface area contributed by atoms with E-state index < -0.39 is 0 Å². The molecule has 0 aliphatic rings. The van der Waals surface area contributed by atoms with Crippen molar-refractivity contribution in [3.05, 3.63) is 29.4 Å². The number of rotatable bonds is 1. The van der Waals surface area contributed by atoms with E-state index >= 15 is 0 Å². The van der Waals surface area contributed by atoms with E-state index in [0.29, 0.717) is 16.1 Å². The molecule has 0 spiro atoms. The quantitative estimate of drug-likeness (QED) is 0.737. The van der Waals surface area contributed by atoms with Crippen LogP contribution in [0.25, 0.3) is 16.9 Å². The maximum atomic E-state index is 5.81. The molecule has 3 rings (SSSR count). The summed E-state index contributed by atoms with van der Waals surface area (Å²) in [5.74, 6) is 0.398. The van der Waals surface area contributed by atoms with Crippen LogP contribution in [0, 0.1) is 0 Å². The smallest absolute Gasteiger partial charge is 0.180 e. The van der Waals surface area contributed by atoms with Crippen LogP contribution >= 0.6 is 15.9 Å². The molecule has 6 nitrogen and oxygen atoms in total. The number of imidazole rings is 1. The minimum absolute atomic E-state index is 0.398. The maximum Gasteiger partial charge on any atom is 0.180 e. The summed E-state index contributed by atoms with van der Waals surface area (Å²) in [5.41, 5.74) is 8.37. The monoisotopic (exact) mass is 292 g/mol. The van der Waals surface area contributed by atoms with Gasteiger partial charge in [-0.15, -0.1) is 0 Å². The van der Waals surface area contributed by atoms with E-state index in [1.165, 1.54) is 0 Å². The molecule has 0 saturated heterocycles. The zero-order valence-electron chi connectivity index (χ0n) is 9.00. The van der Waals surface area contributed by atoms with E-state index in [9.17, 15) is 0 Å². The van der Waals surface area contributed by atoms with Crippen molar-refractivity contribution in [1.82, 2.24) is 24.1 Å². The average molecular weight is 293 g/mol. The van der Waals surface area contributed by atoms with E-state index in [-0.39, 0.29) is 0 Å². The van der Waals surface area contributed by atoms with Crippen molar-refractivity contribution in [1.29, 1.82) is 0 Å². The molecule has 3 aromatic heterocycles. The molecule has 7 heteroatoms.